The van der Waals surface area contributed by atoms with E-state index in [4.69, 9.17) is 5.73 Å². The van der Waals surface area contributed by atoms with Gasteiger partial charge in [-0.25, -0.2) is 0 Å². The van der Waals surface area contributed by atoms with Gasteiger partial charge < -0.3 is 5.73 Å². The minimum atomic E-state index is 0.319. The Morgan fingerprint density at radius 3 is 2.13 bits per heavy atom. The second kappa shape index (κ2) is 7.05. The van der Waals surface area contributed by atoms with Gasteiger partial charge in [-0.1, -0.05) is 46.8 Å². The molecule has 3 rings (SSSR count). The summed E-state index contributed by atoms with van der Waals surface area (Å²) in [6, 6.07) is 10.4. The van der Waals surface area contributed by atoms with Crippen molar-refractivity contribution in [3.8, 4) is 0 Å². The van der Waals surface area contributed by atoms with E-state index < -0.39 is 0 Å². The summed E-state index contributed by atoms with van der Waals surface area (Å²) in [5.74, 6) is 0.492. The predicted molar refractivity (Wildman–Crippen MR) is 99.6 cm³/mol. The highest BCUT2D eigenvalue weighted by molar-refractivity contribution is 6.04. The molecule has 3 nitrogen and oxygen atoms in total. The van der Waals surface area contributed by atoms with Gasteiger partial charge in [0, 0.05) is 23.2 Å². The maximum atomic E-state index is 5.31. The van der Waals surface area contributed by atoms with Crippen molar-refractivity contribution in [2.24, 2.45) is 11.1 Å². The van der Waals surface area contributed by atoms with Crippen LogP contribution in [0.15, 0.2) is 42.7 Å². The van der Waals surface area contributed by atoms with Gasteiger partial charge in [0.25, 0.3) is 0 Å². The second-order valence-electron chi connectivity index (χ2n) is 7.36. The van der Waals surface area contributed by atoms with Crippen molar-refractivity contribution < 1.29 is 0 Å². The fourth-order valence-corrected chi connectivity index (χ4v) is 2.28. The molecule has 3 heteroatoms. The Hall–Kier alpha value is -2.00. The van der Waals surface area contributed by atoms with E-state index in [0.29, 0.717) is 11.3 Å². The highest BCUT2D eigenvalue weighted by Gasteiger charge is 2.10. The average molecular weight is 309 g/mol. The molecule has 23 heavy (non-hydrogen) atoms. The van der Waals surface area contributed by atoms with E-state index in [1.807, 2.05) is 24.5 Å². The molecule has 0 saturated heterocycles. The van der Waals surface area contributed by atoms with Gasteiger partial charge in [-0.3, -0.25) is 9.97 Å². The Balaban J connectivity index is 0.000000277. The van der Waals surface area contributed by atoms with E-state index in [2.05, 4.69) is 62.8 Å². The molecule has 2 heterocycles. The van der Waals surface area contributed by atoms with Crippen molar-refractivity contribution in [3.05, 3.63) is 48.3 Å². The Labute approximate surface area is 138 Å². The molecule has 2 aromatic heterocycles. The first-order chi connectivity index (χ1) is 10.8. The lowest BCUT2D eigenvalue weighted by atomic mass is 9.96. The third-order valence-electron chi connectivity index (χ3n) is 3.73. The number of fused-ring (bicyclic) bond motifs is 3. The van der Waals surface area contributed by atoms with Gasteiger partial charge in [0.15, 0.2) is 0 Å². The molecule has 0 unspecified atom stereocenters. The number of hydrogen-bond acceptors (Lipinski definition) is 3. The van der Waals surface area contributed by atoms with Crippen LogP contribution in [0.1, 0.15) is 46.1 Å². The van der Waals surface area contributed by atoms with Crippen LogP contribution in [0, 0.1) is 5.41 Å². The number of nitrogens with two attached hydrogens (primary N) is 1. The molecule has 0 radical (unpaired) electrons. The predicted octanol–water partition coefficient (Wildman–Crippen LogP) is 4.90. The van der Waals surface area contributed by atoms with Gasteiger partial charge in [0.05, 0.1) is 11.0 Å². The van der Waals surface area contributed by atoms with Gasteiger partial charge >= 0.3 is 0 Å². The summed E-state index contributed by atoms with van der Waals surface area (Å²) < 4.78 is 0. The van der Waals surface area contributed by atoms with Crippen molar-refractivity contribution in [2.75, 3.05) is 6.54 Å². The standard InChI is InChI=1S/C15H14N2.C5H13N/c1-10(2)13-9-11-5-3-7-16-14(11)15-12(13)6-4-8-17-15;1-5(2,3)4-6/h3-10H,1-2H3;4,6H2,1-3H3. The Morgan fingerprint density at radius 1 is 1.00 bits per heavy atom. The molecule has 0 fully saturated rings. The van der Waals surface area contributed by atoms with Crippen molar-refractivity contribution in [1.29, 1.82) is 0 Å². The van der Waals surface area contributed by atoms with Crippen LogP contribution in [-0.4, -0.2) is 16.5 Å². The zero-order valence-electron chi connectivity index (χ0n) is 14.8. The molecule has 0 spiro atoms. The van der Waals surface area contributed by atoms with E-state index in [-0.39, 0.29) is 0 Å². The molecular weight excluding hydrogens is 282 g/mol. The van der Waals surface area contributed by atoms with E-state index in [0.717, 1.165) is 17.6 Å². The largest absolute Gasteiger partial charge is 0.330 e. The molecule has 0 atom stereocenters. The van der Waals surface area contributed by atoms with Crippen LogP contribution in [0.4, 0.5) is 0 Å². The lowest BCUT2D eigenvalue weighted by molar-refractivity contribution is 0.428. The molecule has 0 aliphatic rings. The number of pyridine rings is 2. The maximum Gasteiger partial charge on any atom is 0.0967 e. The molecule has 0 amide bonds. The SMILES string of the molecule is CC(C)(C)CN.CC(C)c1cc2cccnc2c2ncccc12. The minimum absolute atomic E-state index is 0.319. The number of hydrogen-bond donors (Lipinski definition) is 1. The fraction of sp³-hybridized carbons (Fsp3) is 0.400. The summed E-state index contributed by atoms with van der Waals surface area (Å²) >= 11 is 0. The van der Waals surface area contributed by atoms with Crippen molar-refractivity contribution >= 4 is 21.8 Å². The van der Waals surface area contributed by atoms with Crippen molar-refractivity contribution in [3.63, 3.8) is 0 Å². The molecule has 0 bridgehead atoms. The number of benzene rings is 1. The van der Waals surface area contributed by atoms with Gasteiger partial charge in [-0.05, 0) is 41.6 Å². The monoisotopic (exact) mass is 309 g/mol. The quantitative estimate of drug-likeness (QED) is 0.651. The van der Waals surface area contributed by atoms with Crippen LogP contribution < -0.4 is 5.73 Å². The molecule has 2 N–H and O–H groups in total. The van der Waals surface area contributed by atoms with Gasteiger partial charge in [0.1, 0.15) is 0 Å². The van der Waals surface area contributed by atoms with Gasteiger partial charge in [-0.2, -0.15) is 0 Å². The third kappa shape index (κ3) is 4.26. The molecule has 1 aromatic carbocycles. The van der Waals surface area contributed by atoms with E-state index in [1.165, 1.54) is 16.3 Å². The lowest BCUT2D eigenvalue weighted by Crippen LogP contribution is -2.18. The highest BCUT2D eigenvalue weighted by Crippen LogP contribution is 2.29. The summed E-state index contributed by atoms with van der Waals surface area (Å²) in [6.45, 7) is 11.5. The van der Waals surface area contributed by atoms with Gasteiger partial charge in [-0.15, -0.1) is 0 Å². The van der Waals surface area contributed by atoms with Crippen molar-refractivity contribution in [1.82, 2.24) is 9.97 Å². The Kier molecular flexibility index (Phi) is 5.32. The van der Waals surface area contributed by atoms with Crippen LogP contribution in [0.3, 0.4) is 0 Å². The smallest absolute Gasteiger partial charge is 0.0967 e. The summed E-state index contributed by atoms with van der Waals surface area (Å²) in [7, 11) is 0. The summed E-state index contributed by atoms with van der Waals surface area (Å²) in [4.78, 5) is 8.94. The Bertz CT molecular complexity index is 786. The molecule has 122 valence electrons. The van der Waals surface area contributed by atoms with Crippen LogP contribution in [0.2, 0.25) is 0 Å². The highest BCUT2D eigenvalue weighted by atomic mass is 14.7. The lowest BCUT2D eigenvalue weighted by Gasteiger charge is -2.12. The normalized spacial score (nSPS) is 11.6. The summed E-state index contributed by atoms with van der Waals surface area (Å²) in [5, 5.41) is 2.39. The molecular formula is C20H27N3. The first-order valence-corrected chi connectivity index (χ1v) is 8.16. The second-order valence-corrected chi connectivity index (χ2v) is 7.36. The molecule has 0 saturated carbocycles. The van der Waals surface area contributed by atoms with Crippen LogP contribution in [0.5, 0.6) is 0 Å². The van der Waals surface area contributed by atoms with E-state index >= 15 is 0 Å². The van der Waals surface area contributed by atoms with E-state index in [9.17, 15) is 0 Å². The topological polar surface area (TPSA) is 51.8 Å². The molecule has 0 aliphatic carbocycles. The van der Waals surface area contributed by atoms with Crippen LogP contribution in [0.25, 0.3) is 21.8 Å². The summed E-state index contributed by atoms with van der Waals surface area (Å²) in [6.07, 6.45) is 3.66. The van der Waals surface area contributed by atoms with Crippen LogP contribution in [-0.2, 0) is 0 Å². The fourth-order valence-electron chi connectivity index (χ4n) is 2.28. The first kappa shape index (κ1) is 17.4. The average Bonchev–Trinajstić information content (AvgIpc) is 2.54. The minimum Gasteiger partial charge on any atom is -0.330 e. The first-order valence-electron chi connectivity index (χ1n) is 8.16. The summed E-state index contributed by atoms with van der Waals surface area (Å²) in [5.41, 5.74) is 8.97. The number of rotatable bonds is 1. The molecule has 0 aliphatic heterocycles. The number of nitrogens with zero attached hydrogens (tertiary/aromatic N) is 2. The van der Waals surface area contributed by atoms with Crippen LogP contribution >= 0.6 is 0 Å². The zero-order chi connectivity index (χ0) is 17.0. The molecule has 3 aromatic rings. The zero-order valence-corrected chi connectivity index (χ0v) is 14.8. The van der Waals surface area contributed by atoms with Gasteiger partial charge in [0.2, 0.25) is 0 Å². The number of aromatic nitrogens is 2. The maximum absolute atomic E-state index is 5.31. The Morgan fingerprint density at radius 2 is 1.57 bits per heavy atom. The third-order valence-corrected chi connectivity index (χ3v) is 3.73. The van der Waals surface area contributed by atoms with E-state index in [1.54, 1.807) is 0 Å². The van der Waals surface area contributed by atoms with Crippen molar-refractivity contribution in [2.45, 2.75) is 40.5 Å².